The Bertz CT molecular complexity index is 495. The number of ether oxygens (including phenoxy) is 1. The van der Waals surface area contributed by atoms with Crippen LogP contribution in [0.3, 0.4) is 0 Å². The van der Waals surface area contributed by atoms with Gasteiger partial charge in [0.25, 0.3) is 0 Å². The molecule has 1 aromatic rings. The van der Waals surface area contributed by atoms with Crippen LogP contribution in [-0.4, -0.2) is 14.5 Å². The van der Waals surface area contributed by atoms with Crippen molar-refractivity contribution in [3.63, 3.8) is 0 Å². The van der Waals surface area contributed by atoms with Crippen molar-refractivity contribution in [2.24, 2.45) is 10.9 Å². The molecule has 0 aromatic heterocycles. The number of sulfonamides is 1. The van der Waals surface area contributed by atoms with Crippen molar-refractivity contribution in [3.8, 4) is 5.75 Å². The number of primary sulfonamides is 1. The molecule has 0 heterocycles. The van der Waals surface area contributed by atoms with Gasteiger partial charge in [0.1, 0.15) is 5.75 Å². The lowest BCUT2D eigenvalue weighted by atomic mass is 10.2. The van der Waals surface area contributed by atoms with Crippen molar-refractivity contribution < 1.29 is 13.2 Å². The molecule has 0 amide bonds. The standard InChI is InChI=1S/C10H14N2O3S/c11-6-7-5-9(15-8-1-2-8)3-4-10(7)16(12,13)14/h3-5,8H,1-2,6,11H2,(H2,12,13,14). The third kappa shape index (κ3) is 2.52. The summed E-state index contributed by atoms with van der Waals surface area (Å²) in [5, 5.41) is 5.07. The first kappa shape index (κ1) is 11.4. The summed E-state index contributed by atoms with van der Waals surface area (Å²) in [5.74, 6) is 0.648. The zero-order valence-corrected chi connectivity index (χ0v) is 9.53. The molecule has 88 valence electrons. The molecule has 4 N–H and O–H groups in total. The molecular formula is C10H14N2O3S. The molecule has 0 spiro atoms. The lowest BCUT2D eigenvalue weighted by Gasteiger charge is -2.09. The van der Waals surface area contributed by atoms with Gasteiger partial charge in [0, 0.05) is 6.54 Å². The van der Waals surface area contributed by atoms with E-state index < -0.39 is 10.0 Å². The van der Waals surface area contributed by atoms with Crippen molar-refractivity contribution in [1.82, 2.24) is 0 Å². The average Bonchev–Trinajstić information content (AvgIpc) is 3.00. The van der Waals surface area contributed by atoms with Crippen molar-refractivity contribution in [3.05, 3.63) is 23.8 Å². The van der Waals surface area contributed by atoms with Gasteiger partial charge in [-0.3, -0.25) is 0 Å². The van der Waals surface area contributed by atoms with Gasteiger partial charge in [-0.05, 0) is 36.6 Å². The van der Waals surface area contributed by atoms with Crippen LogP contribution in [0.5, 0.6) is 5.75 Å². The number of hydrogen-bond donors (Lipinski definition) is 2. The Balaban J connectivity index is 2.34. The number of benzene rings is 1. The van der Waals surface area contributed by atoms with E-state index in [4.69, 9.17) is 15.6 Å². The smallest absolute Gasteiger partial charge is 0.238 e. The Morgan fingerprint density at radius 2 is 2.06 bits per heavy atom. The zero-order valence-electron chi connectivity index (χ0n) is 8.72. The molecule has 1 fully saturated rings. The minimum atomic E-state index is -3.71. The first-order chi connectivity index (χ1) is 7.50. The van der Waals surface area contributed by atoms with E-state index in [-0.39, 0.29) is 17.5 Å². The maximum Gasteiger partial charge on any atom is 0.238 e. The fourth-order valence-corrected chi connectivity index (χ4v) is 2.21. The Hall–Kier alpha value is -1.11. The van der Waals surface area contributed by atoms with Crippen molar-refractivity contribution >= 4 is 10.0 Å². The van der Waals surface area contributed by atoms with E-state index in [2.05, 4.69) is 0 Å². The summed E-state index contributed by atoms with van der Waals surface area (Å²) in [5.41, 5.74) is 5.97. The zero-order chi connectivity index (χ0) is 11.8. The molecule has 16 heavy (non-hydrogen) atoms. The first-order valence-corrected chi connectivity index (χ1v) is 6.58. The minimum absolute atomic E-state index is 0.0677. The minimum Gasteiger partial charge on any atom is -0.490 e. The highest BCUT2D eigenvalue weighted by Gasteiger charge is 2.24. The van der Waals surface area contributed by atoms with E-state index in [0.29, 0.717) is 11.3 Å². The van der Waals surface area contributed by atoms with Crippen LogP contribution >= 0.6 is 0 Å². The van der Waals surface area contributed by atoms with Gasteiger partial charge in [-0.2, -0.15) is 0 Å². The van der Waals surface area contributed by atoms with Crippen LogP contribution in [0, 0.1) is 0 Å². The SMILES string of the molecule is NCc1cc(OC2CC2)ccc1S(N)(=O)=O. The third-order valence-electron chi connectivity index (χ3n) is 2.39. The van der Waals surface area contributed by atoms with Crippen LogP contribution in [-0.2, 0) is 16.6 Å². The fraction of sp³-hybridized carbons (Fsp3) is 0.400. The summed E-state index contributed by atoms with van der Waals surface area (Å²) in [6.07, 6.45) is 2.37. The van der Waals surface area contributed by atoms with Crippen LogP contribution in [0.25, 0.3) is 0 Å². The maximum absolute atomic E-state index is 11.2. The molecule has 0 unspecified atom stereocenters. The van der Waals surface area contributed by atoms with E-state index in [1.54, 1.807) is 12.1 Å². The predicted octanol–water partition coefficient (Wildman–Crippen LogP) is 0.334. The highest BCUT2D eigenvalue weighted by molar-refractivity contribution is 7.89. The Kier molecular flexibility index (Phi) is 2.88. The number of rotatable bonds is 4. The first-order valence-electron chi connectivity index (χ1n) is 5.03. The van der Waals surface area contributed by atoms with Crippen LogP contribution in [0.4, 0.5) is 0 Å². The highest BCUT2D eigenvalue weighted by atomic mass is 32.2. The molecule has 0 bridgehead atoms. The third-order valence-corrected chi connectivity index (χ3v) is 3.40. The highest BCUT2D eigenvalue weighted by Crippen LogP contribution is 2.28. The van der Waals surface area contributed by atoms with Gasteiger partial charge < -0.3 is 10.5 Å². The fourth-order valence-electron chi connectivity index (χ4n) is 1.44. The molecule has 0 atom stereocenters. The van der Waals surface area contributed by atoms with Crippen molar-refractivity contribution in [2.75, 3.05) is 0 Å². The summed E-state index contributed by atoms with van der Waals surface area (Å²) in [4.78, 5) is 0.0677. The van der Waals surface area contributed by atoms with Gasteiger partial charge in [-0.15, -0.1) is 0 Å². The van der Waals surface area contributed by atoms with Gasteiger partial charge in [0.15, 0.2) is 0 Å². The van der Waals surface area contributed by atoms with Gasteiger partial charge >= 0.3 is 0 Å². The van der Waals surface area contributed by atoms with Crippen LogP contribution in [0.15, 0.2) is 23.1 Å². The molecule has 6 heteroatoms. The van der Waals surface area contributed by atoms with Gasteiger partial charge in [-0.25, -0.2) is 13.6 Å². The van der Waals surface area contributed by atoms with E-state index >= 15 is 0 Å². The number of nitrogens with two attached hydrogens (primary N) is 2. The number of hydrogen-bond acceptors (Lipinski definition) is 4. The van der Waals surface area contributed by atoms with E-state index in [9.17, 15) is 8.42 Å². The lowest BCUT2D eigenvalue weighted by molar-refractivity contribution is 0.302. The Labute approximate surface area is 94.4 Å². The molecule has 0 aliphatic heterocycles. The van der Waals surface area contributed by atoms with Gasteiger partial charge in [0.2, 0.25) is 10.0 Å². The summed E-state index contributed by atoms with van der Waals surface area (Å²) >= 11 is 0. The van der Waals surface area contributed by atoms with Crippen LogP contribution in [0.1, 0.15) is 18.4 Å². The topological polar surface area (TPSA) is 95.4 Å². The van der Waals surface area contributed by atoms with E-state index in [1.807, 2.05) is 0 Å². The summed E-state index contributed by atoms with van der Waals surface area (Å²) in [6.45, 7) is 0.119. The van der Waals surface area contributed by atoms with Gasteiger partial charge in [0.05, 0.1) is 11.0 Å². The predicted molar refractivity (Wildman–Crippen MR) is 59.4 cm³/mol. The molecule has 1 aromatic carbocycles. The lowest BCUT2D eigenvalue weighted by Crippen LogP contribution is -2.16. The molecular weight excluding hydrogens is 228 g/mol. The molecule has 2 rings (SSSR count). The second-order valence-electron chi connectivity index (χ2n) is 3.84. The second-order valence-corrected chi connectivity index (χ2v) is 5.37. The maximum atomic E-state index is 11.2. The summed E-state index contributed by atoms with van der Waals surface area (Å²) in [7, 11) is -3.71. The molecule has 1 aliphatic carbocycles. The van der Waals surface area contributed by atoms with E-state index in [0.717, 1.165) is 12.8 Å². The molecule has 5 nitrogen and oxygen atoms in total. The summed E-state index contributed by atoms with van der Waals surface area (Å²) < 4.78 is 28.0. The van der Waals surface area contributed by atoms with E-state index in [1.165, 1.54) is 6.07 Å². The second kappa shape index (κ2) is 4.04. The van der Waals surface area contributed by atoms with Crippen molar-refractivity contribution in [1.29, 1.82) is 0 Å². The van der Waals surface area contributed by atoms with Crippen LogP contribution < -0.4 is 15.6 Å². The van der Waals surface area contributed by atoms with Crippen molar-refractivity contribution in [2.45, 2.75) is 30.4 Å². The Morgan fingerprint density at radius 1 is 1.38 bits per heavy atom. The van der Waals surface area contributed by atoms with Crippen LogP contribution in [0.2, 0.25) is 0 Å². The summed E-state index contributed by atoms with van der Waals surface area (Å²) in [6, 6.07) is 4.69. The normalized spacial score (nSPS) is 16.1. The quantitative estimate of drug-likeness (QED) is 0.795. The molecule has 0 saturated heterocycles. The molecule has 1 saturated carbocycles. The molecule has 0 radical (unpaired) electrons. The average molecular weight is 242 g/mol. The monoisotopic (exact) mass is 242 g/mol. The molecule has 1 aliphatic rings. The van der Waals surface area contributed by atoms with Gasteiger partial charge in [-0.1, -0.05) is 0 Å². The Morgan fingerprint density at radius 3 is 2.56 bits per heavy atom. The largest absolute Gasteiger partial charge is 0.490 e.